The van der Waals surface area contributed by atoms with E-state index in [9.17, 15) is 0 Å². The van der Waals surface area contributed by atoms with Crippen molar-refractivity contribution in [1.29, 1.82) is 0 Å². The summed E-state index contributed by atoms with van der Waals surface area (Å²) >= 11 is 1.74. The molecule has 0 amide bonds. The summed E-state index contributed by atoms with van der Waals surface area (Å²) in [5.74, 6) is 0. The molecule has 0 saturated heterocycles. The number of anilines is 1. The van der Waals surface area contributed by atoms with Crippen LogP contribution in [0, 0.1) is 0 Å². The van der Waals surface area contributed by atoms with E-state index in [0.717, 1.165) is 25.1 Å². The van der Waals surface area contributed by atoms with Gasteiger partial charge in [-0.2, -0.15) is 0 Å². The van der Waals surface area contributed by atoms with E-state index in [-0.39, 0.29) is 0 Å². The first-order valence-electron chi connectivity index (χ1n) is 6.58. The molecule has 0 aliphatic rings. The fourth-order valence-corrected chi connectivity index (χ4v) is 2.61. The largest absolute Gasteiger partial charge is 0.379 e. The van der Waals surface area contributed by atoms with Gasteiger partial charge < -0.3 is 5.32 Å². The highest BCUT2D eigenvalue weighted by Gasteiger charge is 2.00. The lowest BCUT2D eigenvalue weighted by Crippen LogP contribution is -2.00. The van der Waals surface area contributed by atoms with Crippen molar-refractivity contribution in [3.63, 3.8) is 0 Å². The molecule has 3 heteroatoms. The van der Waals surface area contributed by atoms with Gasteiger partial charge in [0.2, 0.25) is 0 Å². The van der Waals surface area contributed by atoms with Crippen LogP contribution >= 0.6 is 11.3 Å². The molecule has 0 bridgehead atoms. The minimum absolute atomic E-state index is 0.809. The molecule has 0 unspecified atom stereocenters. The maximum absolute atomic E-state index is 4.55. The second-order valence-electron chi connectivity index (χ2n) is 4.39. The van der Waals surface area contributed by atoms with Gasteiger partial charge in [0.05, 0.1) is 17.2 Å². The summed E-state index contributed by atoms with van der Waals surface area (Å²) in [5.41, 5.74) is 3.71. The average molecular weight is 260 g/mol. The Bertz CT molecular complexity index is 473. The van der Waals surface area contributed by atoms with Gasteiger partial charge in [0.25, 0.3) is 0 Å². The van der Waals surface area contributed by atoms with E-state index in [1.807, 2.05) is 0 Å². The molecule has 2 rings (SSSR count). The van der Waals surface area contributed by atoms with Crippen molar-refractivity contribution in [2.24, 2.45) is 0 Å². The Kier molecular flexibility index (Phi) is 4.76. The third kappa shape index (κ3) is 3.57. The fourth-order valence-electron chi connectivity index (χ4n) is 1.86. The molecule has 2 aromatic rings. The van der Waals surface area contributed by atoms with Crippen LogP contribution < -0.4 is 5.32 Å². The Hall–Kier alpha value is -1.35. The minimum atomic E-state index is 0.809. The van der Waals surface area contributed by atoms with E-state index in [4.69, 9.17) is 0 Å². The molecule has 1 aromatic heterocycles. The van der Waals surface area contributed by atoms with Gasteiger partial charge in [-0.3, -0.25) is 0 Å². The molecule has 0 spiro atoms. The second-order valence-corrected chi connectivity index (χ2v) is 5.33. The zero-order valence-corrected chi connectivity index (χ0v) is 11.9. The summed E-state index contributed by atoms with van der Waals surface area (Å²) in [7, 11) is 0. The molecule has 2 nitrogen and oxygen atoms in total. The van der Waals surface area contributed by atoms with Crippen molar-refractivity contribution < 1.29 is 0 Å². The SMILES string of the molecule is CCCc1ccc(NCc2csc(CC)n2)cc1. The molecular weight excluding hydrogens is 240 g/mol. The molecule has 0 fully saturated rings. The van der Waals surface area contributed by atoms with Crippen molar-refractivity contribution in [1.82, 2.24) is 4.98 Å². The molecule has 0 aliphatic heterocycles. The van der Waals surface area contributed by atoms with Gasteiger partial charge in [0.15, 0.2) is 0 Å². The van der Waals surface area contributed by atoms with E-state index in [2.05, 4.69) is 53.8 Å². The number of thiazole rings is 1. The lowest BCUT2D eigenvalue weighted by Gasteiger charge is -2.05. The third-order valence-electron chi connectivity index (χ3n) is 2.87. The van der Waals surface area contributed by atoms with Gasteiger partial charge >= 0.3 is 0 Å². The predicted molar refractivity (Wildman–Crippen MR) is 79.3 cm³/mol. The summed E-state index contributed by atoms with van der Waals surface area (Å²) < 4.78 is 0. The summed E-state index contributed by atoms with van der Waals surface area (Å²) in [4.78, 5) is 4.55. The quantitative estimate of drug-likeness (QED) is 0.839. The molecule has 0 atom stereocenters. The number of nitrogens with one attached hydrogen (secondary N) is 1. The van der Waals surface area contributed by atoms with Crippen molar-refractivity contribution >= 4 is 17.0 Å². The third-order valence-corrected chi connectivity index (χ3v) is 3.91. The van der Waals surface area contributed by atoms with Gasteiger partial charge in [-0.1, -0.05) is 32.4 Å². The Morgan fingerprint density at radius 3 is 2.56 bits per heavy atom. The average Bonchev–Trinajstić information content (AvgIpc) is 2.86. The smallest absolute Gasteiger partial charge is 0.0926 e. The molecule has 0 saturated carbocycles. The van der Waals surface area contributed by atoms with Crippen LogP contribution in [0.5, 0.6) is 0 Å². The summed E-state index contributed by atoms with van der Waals surface area (Å²) in [6, 6.07) is 8.70. The maximum atomic E-state index is 4.55. The van der Waals surface area contributed by atoms with E-state index in [0.29, 0.717) is 0 Å². The van der Waals surface area contributed by atoms with E-state index in [1.54, 1.807) is 11.3 Å². The number of hydrogen-bond donors (Lipinski definition) is 1. The van der Waals surface area contributed by atoms with Gasteiger partial charge in [-0.15, -0.1) is 11.3 Å². The Morgan fingerprint density at radius 1 is 1.17 bits per heavy atom. The first-order valence-corrected chi connectivity index (χ1v) is 7.46. The van der Waals surface area contributed by atoms with Crippen LogP contribution in [0.4, 0.5) is 5.69 Å². The highest BCUT2D eigenvalue weighted by molar-refractivity contribution is 7.09. The molecule has 0 aliphatic carbocycles. The molecule has 1 aromatic carbocycles. The molecule has 1 N–H and O–H groups in total. The van der Waals surface area contributed by atoms with E-state index < -0.39 is 0 Å². The number of nitrogens with zero attached hydrogens (tertiary/aromatic N) is 1. The zero-order valence-electron chi connectivity index (χ0n) is 11.1. The number of hydrogen-bond acceptors (Lipinski definition) is 3. The number of aromatic nitrogens is 1. The van der Waals surface area contributed by atoms with Crippen LogP contribution in [-0.2, 0) is 19.4 Å². The Labute approximate surface area is 113 Å². The summed E-state index contributed by atoms with van der Waals surface area (Å²) in [5, 5.41) is 6.76. The molecule has 0 radical (unpaired) electrons. The first-order chi connectivity index (χ1) is 8.81. The number of aryl methyl sites for hydroxylation is 2. The van der Waals surface area contributed by atoms with Crippen molar-refractivity contribution in [3.8, 4) is 0 Å². The van der Waals surface area contributed by atoms with Crippen LogP contribution in [0.3, 0.4) is 0 Å². The van der Waals surface area contributed by atoms with Crippen LogP contribution in [0.2, 0.25) is 0 Å². The van der Waals surface area contributed by atoms with Crippen molar-refractivity contribution in [2.45, 2.75) is 39.7 Å². The monoisotopic (exact) mass is 260 g/mol. The predicted octanol–water partition coefficient (Wildman–Crippen LogP) is 4.27. The van der Waals surface area contributed by atoms with Gasteiger partial charge in [0.1, 0.15) is 0 Å². The first kappa shape index (κ1) is 13.1. The standard InChI is InChI=1S/C15H20N2S/c1-3-5-12-6-8-13(9-7-12)16-10-14-11-18-15(4-2)17-14/h6-9,11,16H,3-5,10H2,1-2H3. The Balaban J connectivity index is 1.89. The van der Waals surface area contributed by atoms with Crippen LogP contribution in [0.15, 0.2) is 29.6 Å². The highest BCUT2D eigenvalue weighted by Crippen LogP contribution is 2.14. The summed E-state index contributed by atoms with van der Waals surface area (Å²) in [6.45, 7) is 5.16. The van der Waals surface area contributed by atoms with E-state index in [1.165, 1.54) is 22.7 Å². The van der Waals surface area contributed by atoms with Crippen LogP contribution in [-0.4, -0.2) is 4.98 Å². The maximum Gasteiger partial charge on any atom is 0.0926 e. The minimum Gasteiger partial charge on any atom is -0.379 e. The summed E-state index contributed by atoms with van der Waals surface area (Å²) in [6.07, 6.45) is 3.38. The van der Waals surface area contributed by atoms with Crippen LogP contribution in [0.25, 0.3) is 0 Å². The lowest BCUT2D eigenvalue weighted by molar-refractivity contribution is 0.921. The van der Waals surface area contributed by atoms with Gasteiger partial charge in [-0.05, 0) is 30.5 Å². The molecular formula is C15H20N2S. The zero-order chi connectivity index (χ0) is 12.8. The second kappa shape index (κ2) is 6.55. The Morgan fingerprint density at radius 2 is 1.94 bits per heavy atom. The van der Waals surface area contributed by atoms with E-state index >= 15 is 0 Å². The van der Waals surface area contributed by atoms with Crippen LogP contribution in [0.1, 0.15) is 36.5 Å². The number of rotatable bonds is 6. The van der Waals surface area contributed by atoms with Crippen molar-refractivity contribution in [2.75, 3.05) is 5.32 Å². The van der Waals surface area contributed by atoms with Crippen molar-refractivity contribution in [3.05, 3.63) is 45.9 Å². The highest BCUT2D eigenvalue weighted by atomic mass is 32.1. The van der Waals surface area contributed by atoms with Gasteiger partial charge in [-0.25, -0.2) is 4.98 Å². The van der Waals surface area contributed by atoms with Gasteiger partial charge in [0, 0.05) is 11.1 Å². The molecule has 96 valence electrons. The molecule has 1 heterocycles. The normalized spacial score (nSPS) is 10.6. The number of benzene rings is 1. The fraction of sp³-hybridized carbons (Fsp3) is 0.400. The topological polar surface area (TPSA) is 24.9 Å². The lowest BCUT2D eigenvalue weighted by atomic mass is 10.1. The molecule has 18 heavy (non-hydrogen) atoms.